The minimum Gasteiger partial charge on any atom is -1.00 e. The minimum absolute atomic E-state index is 0. The summed E-state index contributed by atoms with van der Waals surface area (Å²) >= 11 is 0. The normalized spacial score (nSPS) is 11.6. The van der Waals surface area contributed by atoms with Crippen molar-refractivity contribution in [3.63, 3.8) is 0 Å². The van der Waals surface area contributed by atoms with Gasteiger partial charge in [0.25, 0.3) is 0 Å². The third kappa shape index (κ3) is 4.42. The number of benzene rings is 3. The van der Waals surface area contributed by atoms with E-state index in [1.807, 2.05) is 91.0 Å². The number of hydrogen-bond acceptors (Lipinski definition) is 0. The quantitative estimate of drug-likeness (QED) is 0.400. The standard InChI is InChI=1S/C20H17F3P.HI/c21-20(22,23)16-24(17-10-4-1-5-11-17,18-12-6-2-7-13-18)19-14-8-3-9-15-19;/h1-15H,16H2;1H/q+1;/p-1. The molecule has 25 heavy (non-hydrogen) atoms. The van der Waals surface area contributed by atoms with Crippen LogP contribution < -0.4 is 39.9 Å². The highest BCUT2D eigenvalue weighted by Crippen LogP contribution is 2.58. The third-order valence-corrected chi connectivity index (χ3v) is 8.38. The summed E-state index contributed by atoms with van der Waals surface area (Å²) in [6.07, 6.45) is -5.09. The molecule has 0 spiro atoms. The molecule has 0 amide bonds. The zero-order chi connectivity index (χ0) is 17.0. The Morgan fingerprint density at radius 3 is 1.08 bits per heavy atom. The summed E-state index contributed by atoms with van der Waals surface area (Å²) in [6, 6.07) is 27.3. The van der Waals surface area contributed by atoms with Crippen molar-refractivity contribution < 1.29 is 37.1 Å². The van der Waals surface area contributed by atoms with E-state index in [0.29, 0.717) is 0 Å². The van der Waals surface area contributed by atoms with Gasteiger partial charge in [0.05, 0.1) is 0 Å². The van der Waals surface area contributed by atoms with Crippen molar-refractivity contribution in [2.45, 2.75) is 6.18 Å². The molecule has 0 bridgehead atoms. The molecule has 0 fully saturated rings. The number of rotatable bonds is 4. The van der Waals surface area contributed by atoms with Gasteiger partial charge in [-0.3, -0.25) is 0 Å². The van der Waals surface area contributed by atoms with Gasteiger partial charge in [0.15, 0.2) is 6.16 Å². The summed E-state index contributed by atoms with van der Waals surface area (Å²) in [5, 5.41) is 2.25. The second-order valence-corrected chi connectivity index (χ2v) is 9.07. The Morgan fingerprint density at radius 1 is 0.560 bits per heavy atom. The van der Waals surface area contributed by atoms with E-state index in [-0.39, 0.29) is 24.0 Å². The molecular formula is C20H17F3IP. The average molecular weight is 472 g/mol. The van der Waals surface area contributed by atoms with Gasteiger partial charge in [-0.2, -0.15) is 13.2 Å². The predicted octanol–water partition coefficient (Wildman–Crippen LogP) is 1.55. The topological polar surface area (TPSA) is 0 Å². The van der Waals surface area contributed by atoms with Crippen LogP contribution >= 0.6 is 7.26 Å². The van der Waals surface area contributed by atoms with E-state index < -0.39 is 19.6 Å². The fourth-order valence-corrected chi connectivity index (χ4v) is 7.06. The van der Waals surface area contributed by atoms with Crippen molar-refractivity contribution in [2.24, 2.45) is 0 Å². The molecule has 0 saturated carbocycles. The molecule has 130 valence electrons. The molecular weight excluding hydrogens is 455 g/mol. The summed E-state index contributed by atoms with van der Waals surface area (Å²) in [7, 11) is -2.80. The maximum absolute atomic E-state index is 13.6. The van der Waals surface area contributed by atoms with Crippen LogP contribution in [-0.2, 0) is 0 Å². The van der Waals surface area contributed by atoms with Crippen LogP contribution in [-0.4, -0.2) is 12.3 Å². The molecule has 0 aliphatic rings. The molecule has 0 saturated heterocycles. The van der Waals surface area contributed by atoms with Crippen LogP contribution in [0.25, 0.3) is 0 Å². The van der Waals surface area contributed by atoms with Gasteiger partial charge in [0.2, 0.25) is 0 Å². The van der Waals surface area contributed by atoms with Gasteiger partial charge in [-0.05, 0) is 36.4 Å². The summed E-state index contributed by atoms with van der Waals surface area (Å²) in [5.74, 6) is 0. The van der Waals surface area contributed by atoms with Gasteiger partial charge in [0.1, 0.15) is 23.2 Å². The number of alkyl halides is 3. The Hall–Kier alpha value is -1.39. The lowest BCUT2D eigenvalue weighted by molar-refractivity contribution is -0.106. The van der Waals surface area contributed by atoms with E-state index in [0.717, 1.165) is 15.9 Å². The van der Waals surface area contributed by atoms with Crippen LogP contribution in [0.1, 0.15) is 0 Å². The predicted molar refractivity (Wildman–Crippen MR) is 96.1 cm³/mol. The molecule has 0 heterocycles. The monoisotopic (exact) mass is 472 g/mol. The van der Waals surface area contributed by atoms with Crippen molar-refractivity contribution >= 4 is 23.2 Å². The van der Waals surface area contributed by atoms with E-state index in [9.17, 15) is 13.2 Å². The molecule has 0 atom stereocenters. The van der Waals surface area contributed by atoms with Crippen LogP contribution in [0.2, 0.25) is 0 Å². The fourth-order valence-electron chi connectivity index (χ4n) is 3.04. The Morgan fingerprint density at radius 2 is 0.840 bits per heavy atom. The second kappa shape index (κ2) is 8.33. The van der Waals surface area contributed by atoms with Crippen LogP contribution in [0.15, 0.2) is 91.0 Å². The molecule has 0 aliphatic heterocycles. The minimum atomic E-state index is -4.25. The van der Waals surface area contributed by atoms with E-state index in [1.165, 1.54) is 0 Å². The Labute approximate surface area is 163 Å². The van der Waals surface area contributed by atoms with Gasteiger partial charge in [0, 0.05) is 0 Å². The molecule has 0 radical (unpaired) electrons. The molecule has 0 unspecified atom stereocenters. The fraction of sp³-hybridized carbons (Fsp3) is 0.100. The van der Waals surface area contributed by atoms with Crippen molar-refractivity contribution in [3.8, 4) is 0 Å². The summed E-state index contributed by atoms with van der Waals surface area (Å²) in [6.45, 7) is 0. The molecule has 0 aromatic heterocycles. The molecule has 3 aromatic rings. The maximum atomic E-state index is 13.6. The van der Waals surface area contributed by atoms with E-state index in [2.05, 4.69) is 0 Å². The lowest BCUT2D eigenvalue weighted by Gasteiger charge is -2.28. The first-order chi connectivity index (χ1) is 11.5. The van der Waals surface area contributed by atoms with E-state index >= 15 is 0 Å². The first kappa shape index (κ1) is 19.9. The zero-order valence-corrected chi connectivity index (χ0v) is 16.4. The van der Waals surface area contributed by atoms with E-state index in [4.69, 9.17) is 0 Å². The molecule has 3 rings (SSSR count). The first-order valence-electron chi connectivity index (χ1n) is 7.64. The molecule has 3 aromatic carbocycles. The van der Waals surface area contributed by atoms with Crippen molar-refractivity contribution in [2.75, 3.05) is 6.16 Å². The lowest BCUT2D eigenvalue weighted by atomic mass is 10.4. The van der Waals surface area contributed by atoms with Crippen LogP contribution in [0.3, 0.4) is 0 Å². The second-order valence-electron chi connectivity index (χ2n) is 5.59. The van der Waals surface area contributed by atoms with E-state index in [1.54, 1.807) is 0 Å². The van der Waals surface area contributed by atoms with Crippen LogP contribution in [0.4, 0.5) is 13.2 Å². The van der Waals surface area contributed by atoms with Crippen LogP contribution in [0, 0.1) is 0 Å². The molecule has 0 aliphatic carbocycles. The Bertz CT molecular complexity index is 678. The van der Waals surface area contributed by atoms with Crippen molar-refractivity contribution in [1.82, 2.24) is 0 Å². The van der Waals surface area contributed by atoms with Gasteiger partial charge in [-0.1, -0.05) is 54.6 Å². The highest BCUT2D eigenvalue weighted by Gasteiger charge is 2.53. The zero-order valence-electron chi connectivity index (χ0n) is 13.3. The number of hydrogen-bond donors (Lipinski definition) is 0. The summed E-state index contributed by atoms with van der Waals surface area (Å²) in [4.78, 5) is 0. The number of halogens is 4. The highest BCUT2D eigenvalue weighted by atomic mass is 127. The highest BCUT2D eigenvalue weighted by molar-refractivity contribution is 7.95. The van der Waals surface area contributed by atoms with Gasteiger partial charge in [-0.25, -0.2) is 0 Å². The van der Waals surface area contributed by atoms with Gasteiger partial charge >= 0.3 is 6.18 Å². The van der Waals surface area contributed by atoms with Crippen LogP contribution in [0.5, 0.6) is 0 Å². The molecule has 0 nitrogen and oxygen atoms in total. The molecule has 5 heteroatoms. The van der Waals surface area contributed by atoms with Gasteiger partial charge in [-0.15, -0.1) is 0 Å². The van der Waals surface area contributed by atoms with Crippen molar-refractivity contribution in [3.05, 3.63) is 91.0 Å². The van der Waals surface area contributed by atoms with Gasteiger partial charge < -0.3 is 24.0 Å². The first-order valence-corrected chi connectivity index (χ1v) is 9.61. The largest absolute Gasteiger partial charge is 1.00 e. The van der Waals surface area contributed by atoms with Crippen molar-refractivity contribution in [1.29, 1.82) is 0 Å². The maximum Gasteiger partial charge on any atom is 0.423 e. The average Bonchev–Trinajstić information content (AvgIpc) is 2.61. The lowest BCUT2D eigenvalue weighted by Crippen LogP contribution is -3.00. The Kier molecular flexibility index (Phi) is 6.64. The summed E-state index contributed by atoms with van der Waals surface area (Å²) < 4.78 is 40.9. The summed E-state index contributed by atoms with van der Waals surface area (Å²) in [5.41, 5.74) is 0. The Balaban J connectivity index is 0.00000225. The third-order valence-electron chi connectivity index (χ3n) is 4.01. The smallest absolute Gasteiger partial charge is 0.423 e. The molecule has 0 N–H and O–H groups in total. The SMILES string of the molecule is FC(F)(F)C[P+](c1ccccc1)(c1ccccc1)c1ccccc1.[I-].